The molecule has 8 nitrogen and oxygen atoms in total. The van der Waals surface area contributed by atoms with Gasteiger partial charge in [0.1, 0.15) is 5.82 Å². The first-order chi connectivity index (χ1) is 14.5. The van der Waals surface area contributed by atoms with E-state index >= 15 is 0 Å². The predicted molar refractivity (Wildman–Crippen MR) is 111 cm³/mol. The first-order valence-corrected chi connectivity index (χ1v) is 9.93. The maximum Gasteiger partial charge on any atom is 0.253 e. The highest BCUT2D eigenvalue weighted by atomic mass is 16.5. The molecule has 0 spiro atoms. The van der Waals surface area contributed by atoms with Crippen LogP contribution in [0.5, 0.6) is 0 Å². The van der Waals surface area contributed by atoms with Crippen LogP contribution in [0.2, 0.25) is 0 Å². The number of nitrogens with zero attached hydrogens (tertiary/aromatic N) is 4. The largest absolute Gasteiger partial charge is 0.339 e. The van der Waals surface area contributed by atoms with Crippen LogP contribution in [-0.2, 0) is 4.79 Å². The van der Waals surface area contributed by atoms with Gasteiger partial charge in [0.2, 0.25) is 17.6 Å². The van der Waals surface area contributed by atoms with Crippen molar-refractivity contribution in [2.75, 3.05) is 18.4 Å². The molecule has 0 unspecified atom stereocenters. The zero-order chi connectivity index (χ0) is 21.1. The third-order valence-electron chi connectivity index (χ3n) is 5.24. The first kappa shape index (κ1) is 19.8. The summed E-state index contributed by atoms with van der Waals surface area (Å²) in [6.07, 6.45) is 2.94. The lowest BCUT2D eigenvalue weighted by molar-refractivity contribution is -0.121. The molecule has 2 aromatic heterocycles. The van der Waals surface area contributed by atoms with Gasteiger partial charge in [0.25, 0.3) is 5.91 Å². The number of aryl methyl sites for hydroxylation is 2. The van der Waals surface area contributed by atoms with Gasteiger partial charge in [-0.25, -0.2) is 4.98 Å². The van der Waals surface area contributed by atoms with Crippen LogP contribution in [0.4, 0.5) is 5.82 Å². The van der Waals surface area contributed by atoms with Gasteiger partial charge >= 0.3 is 0 Å². The molecule has 0 aliphatic carbocycles. The van der Waals surface area contributed by atoms with E-state index in [-0.39, 0.29) is 17.7 Å². The summed E-state index contributed by atoms with van der Waals surface area (Å²) in [6, 6.07) is 10.9. The molecule has 3 heterocycles. The topological polar surface area (TPSA) is 101 Å². The summed E-state index contributed by atoms with van der Waals surface area (Å²) in [7, 11) is 0. The third kappa shape index (κ3) is 4.37. The van der Waals surface area contributed by atoms with Crippen molar-refractivity contribution in [3.8, 4) is 11.4 Å². The summed E-state index contributed by atoms with van der Waals surface area (Å²) in [5, 5.41) is 6.76. The second-order valence-electron chi connectivity index (χ2n) is 7.49. The molecule has 0 saturated carbocycles. The minimum absolute atomic E-state index is 0.0370. The monoisotopic (exact) mass is 405 g/mol. The maximum atomic E-state index is 12.8. The Kier molecular flexibility index (Phi) is 5.56. The summed E-state index contributed by atoms with van der Waals surface area (Å²) in [5.41, 5.74) is 2.44. The lowest BCUT2D eigenvalue weighted by Gasteiger charge is -2.31. The number of benzene rings is 1. The zero-order valence-electron chi connectivity index (χ0n) is 17.0. The SMILES string of the molecule is Cc1ccnc(NC(=O)C2CCN(C(=O)c3ccc(-c4noc(C)n4)cc3)CC2)c1. The molecule has 4 rings (SSSR count). The van der Waals surface area contributed by atoms with Crippen LogP contribution in [0.15, 0.2) is 47.1 Å². The Labute approximate surface area is 174 Å². The number of likely N-dealkylation sites (tertiary alicyclic amines) is 1. The fourth-order valence-electron chi connectivity index (χ4n) is 3.54. The predicted octanol–water partition coefficient (Wildman–Crippen LogP) is 3.24. The van der Waals surface area contributed by atoms with Gasteiger partial charge < -0.3 is 14.7 Å². The third-order valence-corrected chi connectivity index (χ3v) is 5.24. The Morgan fingerprint density at radius 1 is 1.10 bits per heavy atom. The molecule has 3 aromatic rings. The van der Waals surface area contributed by atoms with Crippen LogP contribution < -0.4 is 5.32 Å². The van der Waals surface area contributed by atoms with Crippen LogP contribution in [0.25, 0.3) is 11.4 Å². The fourth-order valence-corrected chi connectivity index (χ4v) is 3.54. The maximum absolute atomic E-state index is 12.8. The van der Waals surface area contributed by atoms with Crippen molar-refractivity contribution in [1.29, 1.82) is 0 Å². The van der Waals surface area contributed by atoms with Crippen molar-refractivity contribution >= 4 is 17.6 Å². The van der Waals surface area contributed by atoms with E-state index in [4.69, 9.17) is 4.52 Å². The van der Waals surface area contributed by atoms with Crippen molar-refractivity contribution in [2.45, 2.75) is 26.7 Å². The van der Waals surface area contributed by atoms with Gasteiger partial charge in [0.15, 0.2) is 0 Å². The fraction of sp³-hybridized carbons (Fsp3) is 0.318. The number of nitrogens with one attached hydrogen (secondary N) is 1. The zero-order valence-corrected chi connectivity index (χ0v) is 17.0. The second kappa shape index (κ2) is 8.44. The highest BCUT2D eigenvalue weighted by molar-refractivity contribution is 5.95. The minimum Gasteiger partial charge on any atom is -0.339 e. The molecule has 1 aromatic carbocycles. The Hall–Kier alpha value is -3.55. The summed E-state index contributed by atoms with van der Waals surface area (Å²) < 4.78 is 4.99. The van der Waals surface area contributed by atoms with Gasteiger partial charge in [-0.1, -0.05) is 17.3 Å². The van der Waals surface area contributed by atoms with Crippen molar-refractivity contribution in [1.82, 2.24) is 20.0 Å². The van der Waals surface area contributed by atoms with Crippen LogP contribution >= 0.6 is 0 Å². The van der Waals surface area contributed by atoms with E-state index in [9.17, 15) is 9.59 Å². The van der Waals surface area contributed by atoms with Crippen LogP contribution in [0.3, 0.4) is 0 Å². The number of anilines is 1. The van der Waals surface area contributed by atoms with Crippen molar-refractivity contribution in [2.24, 2.45) is 5.92 Å². The lowest BCUT2D eigenvalue weighted by Crippen LogP contribution is -2.41. The molecule has 1 N–H and O–H groups in total. The first-order valence-electron chi connectivity index (χ1n) is 9.93. The molecule has 0 atom stereocenters. The average Bonchev–Trinajstić information content (AvgIpc) is 3.20. The molecule has 0 radical (unpaired) electrons. The van der Waals surface area contributed by atoms with E-state index < -0.39 is 0 Å². The lowest BCUT2D eigenvalue weighted by atomic mass is 9.95. The Morgan fingerprint density at radius 2 is 1.83 bits per heavy atom. The number of carbonyl (C=O) groups is 2. The number of hydrogen-bond donors (Lipinski definition) is 1. The summed E-state index contributed by atoms with van der Waals surface area (Å²) in [6.45, 7) is 4.78. The summed E-state index contributed by atoms with van der Waals surface area (Å²) in [5.74, 6) is 1.36. The van der Waals surface area contributed by atoms with E-state index in [1.807, 2.05) is 31.2 Å². The Bertz CT molecular complexity index is 1050. The van der Waals surface area contributed by atoms with E-state index in [1.165, 1.54) is 0 Å². The quantitative estimate of drug-likeness (QED) is 0.715. The summed E-state index contributed by atoms with van der Waals surface area (Å²) >= 11 is 0. The molecule has 154 valence electrons. The highest BCUT2D eigenvalue weighted by Crippen LogP contribution is 2.22. The van der Waals surface area contributed by atoms with E-state index in [0.717, 1.165) is 11.1 Å². The van der Waals surface area contributed by atoms with Gasteiger partial charge in [0.05, 0.1) is 0 Å². The van der Waals surface area contributed by atoms with Crippen LogP contribution in [0, 0.1) is 19.8 Å². The normalized spacial score (nSPS) is 14.5. The molecule has 1 aliphatic rings. The molecule has 0 bridgehead atoms. The average molecular weight is 405 g/mol. The van der Waals surface area contributed by atoms with Crippen LogP contribution in [-0.4, -0.2) is 44.9 Å². The van der Waals surface area contributed by atoms with E-state index in [0.29, 0.717) is 49.0 Å². The van der Waals surface area contributed by atoms with E-state index in [1.54, 1.807) is 30.2 Å². The van der Waals surface area contributed by atoms with Gasteiger partial charge in [-0.3, -0.25) is 9.59 Å². The van der Waals surface area contributed by atoms with Crippen molar-refractivity contribution < 1.29 is 14.1 Å². The molecule has 1 saturated heterocycles. The highest BCUT2D eigenvalue weighted by Gasteiger charge is 2.28. The Balaban J connectivity index is 1.33. The number of carbonyl (C=O) groups excluding carboxylic acids is 2. The minimum atomic E-state index is -0.125. The number of hydrogen-bond acceptors (Lipinski definition) is 6. The van der Waals surface area contributed by atoms with Gasteiger partial charge in [-0.05, 0) is 49.6 Å². The summed E-state index contributed by atoms with van der Waals surface area (Å²) in [4.78, 5) is 35.5. The molecule has 1 fully saturated rings. The number of aromatic nitrogens is 3. The van der Waals surface area contributed by atoms with Crippen molar-refractivity contribution in [3.63, 3.8) is 0 Å². The second-order valence-corrected chi connectivity index (χ2v) is 7.49. The number of piperidine rings is 1. The number of amides is 2. The molecular formula is C22H23N5O3. The number of pyridine rings is 1. The molecule has 2 amide bonds. The standard InChI is InChI=1S/C22H23N5O3/c1-14-7-10-23-19(13-14)25-21(28)17-8-11-27(12-9-17)22(29)18-5-3-16(4-6-18)20-24-15(2)30-26-20/h3-7,10,13,17H,8-9,11-12H2,1-2H3,(H,23,25,28). The molecule has 1 aliphatic heterocycles. The van der Waals surface area contributed by atoms with Gasteiger partial charge in [-0.15, -0.1) is 0 Å². The Morgan fingerprint density at radius 3 is 2.47 bits per heavy atom. The van der Waals surface area contributed by atoms with Crippen LogP contribution in [0.1, 0.15) is 34.7 Å². The molecular weight excluding hydrogens is 382 g/mol. The van der Waals surface area contributed by atoms with Crippen molar-refractivity contribution in [3.05, 3.63) is 59.6 Å². The molecule has 8 heteroatoms. The smallest absolute Gasteiger partial charge is 0.253 e. The van der Waals surface area contributed by atoms with Gasteiger partial charge in [0, 0.05) is 43.3 Å². The molecule has 30 heavy (non-hydrogen) atoms. The van der Waals surface area contributed by atoms with E-state index in [2.05, 4.69) is 20.4 Å². The number of rotatable bonds is 4. The van der Waals surface area contributed by atoms with Gasteiger partial charge in [-0.2, -0.15) is 4.98 Å².